The molecule has 0 unspecified atom stereocenters. The Morgan fingerprint density at radius 3 is 2.78 bits per heavy atom. The van der Waals surface area contributed by atoms with Gasteiger partial charge in [0.2, 0.25) is 11.8 Å². The van der Waals surface area contributed by atoms with Crippen LogP contribution in [0.25, 0.3) is 0 Å². The first kappa shape index (κ1) is 15.9. The molecular weight excluding hydrogens is 292 g/mol. The summed E-state index contributed by atoms with van der Waals surface area (Å²) in [5.41, 5.74) is 1.99. The molecule has 2 saturated heterocycles. The van der Waals surface area contributed by atoms with Crippen LogP contribution in [0.3, 0.4) is 0 Å². The number of hydrogen-bond donors (Lipinski definition) is 1. The molecular formula is C17H24N4O2. The summed E-state index contributed by atoms with van der Waals surface area (Å²) >= 11 is 0. The number of carbonyl (C=O) groups is 2. The van der Waals surface area contributed by atoms with E-state index in [0.29, 0.717) is 19.6 Å². The van der Waals surface area contributed by atoms with Gasteiger partial charge in [-0.3, -0.25) is 19.5 Å². The van der Waals surface area contributed by atoms with Gasteiger partial charge >= 0.3 is 0 Å². The highest BCUT2D eigenvalue weighted by Crippen LogP contribution is 2.20. The van der Waals surface area contributed by atoms with Crippen LogP contribution in [0.5, 0.6) is 0 Å². The molecule has 1 N–H and O–H groups in total. The summed E-state index contributed by atoms with van der Waals surface area (Å²) in [6.07, 6.45) is 0. The zero-order valence-corrected chi connectivity index (χ0v) is 14.0. The Kier molecular flexibility index (Phi) is 4.35. The van der Waals surface area contributed by atoms with E-state index < -0.39 is 0 Å². The highest BCUT2D eigenvalue weighted by molar-refractivity contribution is 5.97. The van der Waals surface area contributed by atoms with Crippen LogP contribution in [0.15, 0.2) is 18.2 Å². The predicted molar refractivity (Wildman–Crippen MR) is 86.5 cm³/mol. The van der Waals surface area contributed by atoms with Crippen molar-refractivity contribution in [3.05, 3.63) is 29.6 Å². The molecule has 2 aliphatic rings. The minimum atomic E-state index is -0.385. The van der Waals surface area contributed by atoms with Crippen molar-refractivity contribution in [1.29, 1.82) is 0 Å². The molecule has 0 spiro atoms. The summed E-state index contributed by atoms with van der Waals surface area (Å²) in [4.78, 5) is 33.4. The SMILES string of the molecule is Cc1cccc(CN2CCN3C(=O)[C@@H](C(C)C)NC(=O)[C@H]3C2)n1. The fourth-order valence-corrected chi connectivity index (χ4v) is 3.33. The molecule has 0 bridgehead atoms. The molecule has 2 amide bonds. The second-order valence-corrected chi connectivity index (χ2v) is 6.78. The third kappa shape index (κ3) is 3.22. The molecule has 6 nitrogen and oxygen atoms in total. The molecule has 2 aliphatic heterocycles. The van der Waals surface area contributed by atoms with Gasteiger partial charge in [-0.15, -0.1) is 0 Å². The smallest absolute Gasteiger partial charge is 0.246 e. The van der Waals surface area contributed by atoms with Crippen LogP contribution in [0, 0.1) is 12.8 Å². The third-order valence-corrected chi connectivity index (χ3v) is 4.61. The second-order valence-electron chi connectivity index (χ2n) is 6.78. The van der Waals surface area contributed by atoms with Crippen molar-refractivity contribution in [3.8, 4) is 0 Å². The Hall–Kier alpha value is -1.95. The molecule has 0 aliphatic carbocycles. The maximum atomic E-state index is 12.5. The van der Waals surface area contributed by atoms with E-state index in [1.807, 2.05) is 39.0 Å². The van der Waals surface area contributed by atoms with Crippen LogP contribution in [0.2, 0.25) is 0 Å². The molecule has 6 heteroatoms. The van der Waals surface area contributed by atoms with Crippen LogP contribution < -0.4 is 5.32 Å². The summed E-state index contributed by atoms with van der Waals surface area (Å²) in [5, 5.41) is 2.89. The number of fused-ring (bicyclic) bond motifs is 1. The molecule has 3 rings (SSSR count). The number of hydrogen-bond acceptors (Lipinski definition) is 4. The van der Waals surface area contributed by atoms with Gasteiger partial charge in [0.25, 0.3) is 0 Å². The number of aryl methyl sites for hydroxylation is 1. The highest BCUT2D eigenvalue weighted by atomic mass is 16.2. The standard InChI is InChI=1S/C17H24N4O2/c1-11(2)15-17(23)21-8-7-20(10-14(21)16(22)19-15)9-13-6-4-5-12(3)18-13/h4-6,11,14-15H,7-10H2,1-3H3,(H,19,22)/t14-,15-/m1/s1. The van der Waals surface area contributed by atoms with Crippen molar-refractivity contribution in [2.45, 2.75) is 39.4 Å². The van der Waals surface area contributed by atoms with Gasteiger partial charge in [0.15, 0.2) is 0 Å². The number of amides is 2. The molecule has 23 heavy (non-hydrogen) atoms. The number of nitrogens with one attached hydrogen (secondary N) is 1. The monoisotopic (exact) mass is 316 g/mol. The minimum absolute atomic E-state index is 0.0369. The van der Waals surface area contributed by atoms with E-state index in [0.717, 1.165) is 17.9 Å². The van der Waals surface area contributed by atoms with Crippen molar-refractivity contribution in [1.82, 2.24) is 20.1 Å². The van der Waals surface area contributed by atoms with E-state index in [1.165, 1.54) is 0 Å². The molecule has 0 aromatic carbocycles. The Morgan fingerprint density at radius 1 is 1.30 bits per heavy atom. The van der Waals surface area contributed by atoms with Crippen LogP contribution in [0.1, 0.15) is 25.2 Å². The Labute approximate surface area is 136 Å². The summed E-state index contributed by atoms with van der Waals surface area (Å²) in [7, 11) is 0. The lowest BCUT2D eigenvalue weighted by molar-refractivity contribution is -0.154. The van der Waals surface area contributed by atoms with E-state index in [1.54, 1.807) is 4.90 Å². The zero-order chi connectivity index (χ0) is 16.6. The van der Waals surface area contributed by atoms with Crippen LogP contribution >= 0.6 is 0 Å². The van der Waals surface area contributed by atoms with Gasteiger partial charge in [0.1, 0.15) is 12.1 Å². The average molecular weight is 316 g/mol. The van der Waals surface area contributed by atoms with Gasteiger partial charge in [0.05, 0.1) is 5.69 Å². The average Bonchev–Trinajstić information content (AvgIpc) is 2.50. The molecule has 1 aromatic rings. The largest absolute Gasteiger partial charge is 0.342 e. The number of aromatic nitrogens is 1. The van der Waals surface area contributed by atoms with Gasteiger partial charge in [-0.05, 0) is 25.0 Å². The lowest BCUT2D eigenvalue weighted by Crippen LogP contribution is -2.70. The molecule has 3 heterocycles. The van der Waals surface area contributed by atoms with E-state index in [2.05, 4.69) is 15.2 Å². The summed E-state index contributed by atoms with van der Waals surface area (Å²) in [6.45, 7) is 8.55. The van der Waals surface area contributed by atoms with Gasteiger partial charge in [-0.2, -0.15) is 0 Å². The lowest BCUT2D eigenvalue weighted by atomic mass is 9.96. The fraction of sp³-hybridized carbons (Fsp3) is 0.588. The summed E-state index contributed by atoms with van der Waals surface area (Å²) < 4.78 is 0. The van der Waals surface area contributed by atoms with Gasteiger partial charge in [-0.25, -0.2) is 0 Å². The van der Waals surface area contributed by atoms with Crippen LogP contribution in [0.4, 0.5) is 0 Å². The Balaban J connectivity index is 1.69. The zero-order valence-electron chi connectivity index (χ0n) is 14.0. The number of piperazine rings is 2. The molecule has 2 atom stereocenters. The van der Waals surface area contributed by atoms with Crippen LogP contribution in [-0.2, 0) is 16.1 Å². The third-order valence-electron chi connectivity index (χ3n) is 4.61. The number of nitrogens with zero attached hydrogens (tertiary/aromatic N) is 3. The topological polar surface area (TPSA) is 65.5 Å². The van der Waals surface area contributed by atoms with Crippen LogP contribution in [-0.4, -0.2) is 58.3 Å². The van der Waals surface area contributed by atoms with E-state index in [4.69, 9.17) is 0 Å². The Bertz CT molecular complexity index is 616. The number of pyridine rings is 1. The fourth-order valence-electron chi connectivity index (χ4n) is 3.33. The highest BCUT2D eigenvalue weighted by Gasteiger charge is 2.44. The minimum Gasteiger partial charge on any atom is -0.342 e. The molecule has 0 saturated carbocycles. The maximum Gasteiger partial charge on any atom is 0.246 e. The van der Waals surface area contributed by atoms with Gasteiger partial charge in [-0.1, -0.05) is 19.9 Å². The molecule has 2 fully saturated rings. The predicted octanol–water partition coefficient (Wildman–Crippen LogP) is 0.557. The Morgan fingerprint density at radius 2 is 2.09 bits per heavy atom. The number of rotatable bonds is 3. The maximum absolute atomic E-state index is 12.5. The molecule has 0 radical (unpaired) electrons. The normalized spacial score (nSPS) is 25.5. The van der Waals surface area contributed by atoms with E-state index in [-0.39, 0.29) is 29.8 Å². The first-order valence-electron chi connectivity index (χ1n) is 8.21. The first-order valence-corrected chi connectivity index (χ1v) is 8.21. The molecule has 124 valence electrons. The van der Waals surface area contributed by atoms with E-state index >= 15 is 0 Å². The van der Waals surface area contributed by atoms with Gasteiger partial charge in [0, 0.05) is 31.9 Å². The van der Waals surface area contributed by atoms with Gasteiger partial charge < -0.3 is 10.2 Å². The second kappa shape index (κ2) is 6.28. The first-order chi connectivity index (χ1) is 11.0. The van der Waals surface area contributed by atoms with Crippen molar-refractivity contribution in [2.24, 2.45) is 5.92 Å². The summed E-state index contributed by atoms with van der Waals surface area (Å²) in [5.74, 6) is 0.130. The van der Waals surface area contributed by atoms with E-state index in [9.17, 15) is 9.59 Å². The van der Waals surface area contributed by atoms with Crippen molar-refractivity contribution in [3.63, 3.8) is 0 Å². The number of carbonyl (C=O) groups excluding carboxylic acids is 2. The lowest BCUT2D eigenvalue weighted by Gasteiger charge is -2.46. The quantitative estimate of drug-likeness (QED) is 0.885. The molecule has 1 aromatic heterocycles. The van der Waals surface area contributed by atoms with Crippen molar-refractivity contribution in [2.75, 3.05) is 19.6 Å². The van der Waals surface area contributed by atoms with Crippen molar-refractivity contribution < 1.29 is 9.59 Å². The van der Waals surface area contributed by atoms with Crippen molar-refractivity contribution >= 4 is 11.8 Å². The summed E-state index contributed by atoms with van der Waals surface area (Å²) in [6, 6.07) is 5.21.